The van der Waals surface area contributed by atoms with Crippen molar-refractivity contribution in [2.45, 2.75) is 25.7 Å². The molecule has 2 aromatic rings. The number of carbonyl (C=O) groups is 2. The van der Waals surface area contributed by atoms with E-state index in [-0.39, 0.29) is 17.2 Å². The standard InChI is InChI=1S/C22H28N2O6S/c1-5-28-18-12-15(13-19(29-6-2)21(18)30-7-3)22(26)24-23-20(25)14-31-17-10-8-16(27-4)9-11-17/h8-13H,5-7,14H2,1-4H3,(H,23,25)(H,24,26). The van der Waals surface area contributed by atoms with Gasteiger partial charge in [0.2, 0.25) is 11.7 Å². The Bertz CT molecular complexity index is 846. The highest BCUT2D eigenvalue weighted by Crippen LogP contribution is 2.39. The summed E-state index contributed by atoms with van der Waals surface area (Å²) in [6.07, 6.45) is 0. The van der Waals surface area contributed by atoms with Crippen LogP contribution in [0.1, 0.15) is 31.1 Å². The van der Waals surface area contributed by atoms with E-state index in [1.165, 1.54) is 11.8 Å². The zero-order valence-corrected chi connectivity index (χ0v) is 19.0. The first-order chi connectivity index (χ1) is 15.0. The highest BCUT2D eigenvalue weighted by atomic mass is 32.2. The Labute approximate surface area is 186 Å². The molecule has 0 unspecified atom stereocenters. The lowest BCUT2D eigenvalue weighted by Gasteiger charge is -2.17. The lowest BCUT2D eigenvalue weighted by molar-refractivity contribution is -0.119. The summed E-state index contributed by atoms with van der Waals surface area (Å²) in [6, 6.07) is 10.5. The van der Waals surface area contributed by atoms with Crippen LogP contribution in [0.15, 0.2) is 41.3 Å². The van der Waals surface area contributed by atoms with Gasteiger partial charge in [0.1, 0.15) is 5.75 Å². The van der Waals surface area contributed by atoms with E-state index < -0.39 is 5.91 Å². The predicted molar refractivity (Wildman–Crippen MR) is 119 cm³/mol. The van der Waals surface area contributed by atoms with Gasteiger partial charge in [-0.15, -0.1) is 11.8 Å². The molecular weight excluding hydrogens is 420 g/mol. The second-order valence-corrected chi connectivity index (χ2v) is 7.12. The SMILES string of the molecule is CCOc1cc(C(=O)NNC(=O)CSc2ccc(OC)cc2)cc(OCC)c1OCC. The minimum Gasteiger partial charge on any atom is -0.497 e. The lowest BCUT2D eigenvalue weighted by Crippen LogP contribution is -2.42. The molecular formula is C22H28N2O6S. The molecule has 0 aliphatic heterocycles. The Kier molecular flexibility index (Phi) is 9.83. The number of thioether (sulfide) groups is 1. The number of nitrogens with one attached hydrogen (secondary N) is 2. The monoisotopic (exact) mass is 448 g/mol. The van der Waals surface area contributed by atoms with Crippen molar-refractivity contribution < 1.29 is 28.5 Å². The van der Waals surface area contributed by atoms with Gasteiger partial charge in [-0.2, -0.15) is 0 Å². The first kappa shape index (κ1) is 24.2. The predicted octanol–water partition coefficient (Wildman–Crippen LogP) is 3.44. The van der Waals surface area contributed by atoms with Gasteiger partial charge in [0.05, 0.1) is 32.7 Å². The van der Waals surface area contributed by atoms with Crippen molar-refractivity contribution in [3.63, 3.8) is 0 Å². The molecule has 9 heteroatoms. The molecule has 2 aromatic carbocycles. The summed E-state index contributed by atoms with van der Waals surface area (Å²) in [6.45, 7) is 6.75. The van der Waals surface area contributed by atoms with Crippen molar-refractivity contribution in [3.05, 3.63) is 42.0 Å². The molecule has 0 radical (unpaired) electrons. The van der Waals surface area contributed by atoms with Crippen LogP contribution in [-0.4, -0.2) is 44.5 Å². The third kappa shape index (κ3) is 7.29. The number of hydrazine groups is 1. The van der Waals surface area contributed by atoms with E-state index in [4.69, 9.17) is 18.9 Å². The quantitative estimate of drug-likeness (QED) is 0.402. The first-order valence-electron chi connectivity index (χ1n) is 9.94. The normalized spacial score (nSPS) is 10.2. The molecule has 8 nitrogen and oxygen atoms in total. The molecule has 0 atom stereocenters. The molecule has 2 amide bonds. The molecule has 0 aliphatic rings. The fourth-order valence-electron chi connectivity index (χ4n) is 2.58. The van der Waals surface area contributed by atoms with Gasteiger partial charge >= 0.3 is 0 Å². The van der Waals surface area contributed by atoms with Crippen LogP contribution in [0.5, 0.6) is 23.0 Å². The highest BCUT2D eigenvalue weighted by Gasteiger charge is 2.18. The van der Waals surface area contributed by atoms with Gasteiger partial charge in [-0.25, -0.2) is 0 Å². The molecule has 0 saturated carbocycles. The van der Waals surface area contributed by atoms with Gasteiger partial charge < -0.3 is 18.9 Å². The van der Waals surface area contributed by atoms with E-state index in [1.807, 2.05) is 45.0 Å². The van der Waals surface area contributed by atoms with E-state index in [0.717, 1.165) is 10.6 Å². The zero-order valence-electron chi connectivity index (χ0n) is 18.2. The maximum atomic E-state index is 12.6. The number of amides is 2. The number of benzene rings is 2. The second-order valence-electron chi connectivity index (χ2n) is 6.07. The molecule has 0 aromatic heterocycles. The fraction of sp³-hybridized carbons (Fsp3) is 0.364. The van der Waals surface area contributed by atoms with E-state index >= 15 is 0 Å². The molecule has 0 fully saturated rings. The number of ether oxygens (including phenoxy) is 4. The van der Waals surface area contributed by atoms with Crippen LogP contribution in [-0.2, 0) is 4.79 Å². The average Bonchev–Trinajstić information content (AvgIpc) is 2.78. The van der Waals surface area contributed by atoms with Crippen molar-refractivity contribution in [1.82, 2.24) is 10.9 Å². The summed E-state index contributed by atoms with van der Waals surface area (Å²) in [7, 11) is 1.59. The highest BCUT2D eigenvalue weighted by molar-refractivity contribution is 8.00. The molecule has 0 spiro atoms. The maximum absolute atomic E-state index is 12.6. The van der Waals surface area contributed by atoms with E-state index in [0.29, 0.717) is 37.1 Å². The average molecular weight is 449 g/mol. The van der Waals surface area contributed by atoms with Crippen molar-refractivity contribution in [2.75, 3.05) is 32.7 Å². The molecule has 168 valence electrons. The van der Waals surface area contributed by atoms with Crippen LogP contribution in [0.3, 0.4) is 0 Å². The maximum Gasteiger partial charge on any atom is 0.269 e. The Hall–Kier alpha value is -3.07. The minimum absolute atomic E-state index is 0.143. The van der Waals surface area contributed by atoms with E-state index in [9.17, 15) is 9.59 Å². The van der Waals surface area contributed by atoms with Crippen molar-refractivity contribution >= 4 is 23.6 Å². The zero-order chi connectivity index (χ0) is 22.6. The van der Waals surface area contributed by atoms with Crippen molar-refractivity contribution in [1.29, 1.82) is 0 Å². The number of hydrogen-bond donors (Lipinski definition) is 2. The number of hydrogen-bond acceptors (Lipinski definition) is 7. The summed E-state index contributed by atoms with van der Waals surface area (Å²) in [4.78, 5) is 25.6. The Morgan fingerprint density at radius 1 is 0.871 bits per heavy atom. The van der Waals surface area contributed by atoms with Crippen LogP contribution in [0.2, 0.25) is 0 Å². The number of rotatable bonds is 11. The summed E-state index contributed by atoms with van der Waals surface area (Å²) < 4.78 is 22.0. The van der Waals surface area contributed by atoms with Crippen LogP contribution in [0, 0.1) is 0 Å². The van der Waals surface area contributed by atoms with Crippen molar-refractivity contribution in [3.8, 4) is 23.0 Å². The van der Waals surface area contributed by atoms with Gasteiger partial charge in [0.25, 0.3) is 5.91 Å². The molecule has 0 saturated heterocycles. The minimum atomic E-state index is -0.493. The lowest BCUT2D eigenvalue weighted by atomic mass is 10.1. The molecule has 0 heterocycles. The van der Waals surface area contributed by atoms with E-state index in [1.54, 1.807) is 19.2 Å². The molecule has 2 rings (SSSR count). The van der Waals surface area contributed by atoms with Crippen LogP contribution < -0.4 is 29.8 Å². The molecule has 2 N–H and O–H groups in total. The summed E-state index contributed by atoms with van der Waals surface area (Å²) >= 11 is 1.35. The van der Waals surface area contributed by atoms with Gasteiger partial charge in [-0.1, -0.05) is 0 Å². The van der Waals surface area contributed by atoms with Crippen LogP contribution in [0.4, 0.5) is 0 Å². The number of carbonyl (C=O) groups excluding carboxylic acids is 2. The number of methoxy groups -OCH3 is 1. The van der Waals surface area contributed by atoms with Crippen LogP contribution in [0.25, 0.3) is 0 Å². The molecule has 31 heavy (non-hydrogen) atoms. The largest absolute Gasteiger partial charge is 0.497 e. The Morgan fingerprint density at radius 2 is 1.45 bits per heavy atom. The van der Waals surface area contributed by atoms with Gasteiger partial charge in [0, 0.05) is 10.5 Å². The second kappa shape index (κ2) is 12.6. The third-order valence-electron chi connectivity index (χ3n) is 3.92. The van der Waals surface area contributed by atoms with Gasteiger partial charge in [0.15, 0.2) is 11.5 Å². The molecule has 0 bridgehead atoms. The van der Waals surface area contributed by atoms with E-state index in [2.05, 4.69) is 10.9 Å². The van der Waals surface area contributed by atoms with Gasteiger partial charge in [-0.3, -0.25) is 20.4 Å². The Morgan fingerprint density at radius 3 is 1.97 bits per heavy atom. The summed E-state index contributed by atoms with van der Waals surface area (Å²) in [5.74, 6) is 1.31. The smallest absolute Gasteiger partial charge is 0.269 e. The topological polar surface area (TPSA) is 95.1 Å². The van der Waals surface area contributed by atoms with Crippen LogP contribution >= 0.6 is 11.8 Å². The van der Waals surface area contributed by atoms with Crippen molar-refractivity contribution in [2.24, 2.45) is 0 Å². The molecule has 0 aliphatic carbocycles. The fourth-order valence-corrected chi connectivity index (χ4v) is 3.27. The third-order valence-corrected chi connectivity index (χ3v) is 4.93. The summed E-state index contributed by atoms with van der Waals surface area (Å²) in [5.41, 5.74) is 5.12. The van der Waals surface area contributed by atoms with Gasteiger partial charge in [-0.05, 0) is 57.2 Å². The first-order valence-corrected chi connectivity index (χ1v) is 10.9. The summed E-state index contributed by atoms with van der Waals surface area (Å²) in [5, 5.41) is 0. The Balaban J connectivity index is 2.00.